The third-order valence-corrected chi connectivity index (χ3v) is 2.11. The SMILES string of the molecule is C[Se](C)(C)NC(N)=O. The minimum absolute atomic E-state index is 0.405. The van der Waals surface area contributed by atoms with Crippen molar-refractivity contribution in [3.05, 3.63) is 0 Å². The molecule has 0 heterocycles. The molecule has 0 aromatic carbocycles. The average molecular weight is 183 g/mol. The molecule has 3 N–H and O–H groups in total. The molecule has 0 bridgehead atoms. The van der Waals surface area contributed by atoms with Gasteiger partial charge in [-0.1, -0.05) is 0 Å². The van der Waals surface area contributed by atoms with E-state index in [-0.39, 0.29) is 0 Å². The Morgan fingerprint density at radius 3 is 1.88 bits per heavy atom. The van der Waals surface area contributed by atoms with Gasteiger partial charge in [-0.25, -0.2) is 0 Å². The van der Waals surface area contributed by atoms with Crippen LogP contribution in [0, 0.1) is 0 Å². The Balaban J connectivity index is 3.55. The van der Waals surface area contributed by atoms with Crippen molar-refractivity contribution in [3.63, 3.8) is 0 Å². The molecule has 2 amide bonds. The van der Waals surface area contributed by atoms with E-state index in [1.165, 1.54) is 0 Å². The van der Waals surface area contributed by atoms with Crippen LogP contribution in [-0.4, -0.2) is 19.1 Å². The first kappa shape index (κ1) is 7.79. The summed E-state index contributed by atoms with van der Waals surface area (Å²) in [4.78, 5) is 10.2. The van der Waals surface area contributed by atoms with Gasteiger partial charge in [-0.3, -0.25) is 0 Å². The van der Waals surface area contributed by atoms with E-state index >= 15 is 0 Å². The quantitative estimate of drug-likeness (QED) is 0.571. The van der Waals surface area contributed by atoms with Crippen LogP contribution in [0.4, 0.5) is 4.79 Å². The second-order valence-corrected chi connectivity index (χ2v) is 10.4. The number of carbonyl (C=O) groups excluding carboxylic acids is 1. The Kier molecular flexibility index (Phi) is 2.31. The molecule has 4 heteroatoms. The van der Waals surface area contributed by atoms with Gasteiger partial charge in [0, 0.05) is 0 Å². The number of hydrogen-bond donors (Lipinski definition) is 2. The number of hydrogen-bond acceptors (Lipinski definition) is 1. The molecule has 8 heavy (non-hydrogen) atoms. The zero-order chi connectivity index (χ0) is 6.78. The second kappa shape index (κ2) is 2.37. The van der Waals surface area contributed by atoms with Gasteiger partial charge in [-0.15, -0.1) is 0 Å². The van der Waals surface area contributed by atoms with Crippen molar-refractivity contribution < 1.29 is 4.79 Å². The van der Waals surface area contributed by atoms with Crippen molar-refractivity contribution in [3.8, 4) is 0 Å². The number of nitrogens with two attached hydrogens (primary N) is 1. The molecule has 3 nitrogen and oxygen atoms in total. The van der Waals surface area contributed by atoms with E-state index in [1.807, 2.05) is 17.5 Å². The molecule has 0 fully saturated rings. The molecule has 0 unspecified atom stereocenters. The summed E-state index contributed by atoms with van der Waals surface area (Å²) in [7, 11) is 0. The fraction of sp³-hybridized carbons (Fsp3) is 0.750. The monoisotopic (exact) mass is 184 g/mol. The maximum absolute atomic E-state index is 10.2. The minimum atomic E-state index is -1.60. The molecule has 0 aliphatic carbocycles. The summed E-state index contributed by atoms with van der Waals surface area (Å²) >= 11 is -1.60. The van der Waals surface area contributed by atoms with E-state index < -0.39 is 19.1 Å². The van der Waals surface area contributed by atoms with Crippen molar-refractivity contribution in [1.29, 1.82) is 0 Å². The standard InChI is InChI=1S/C4H12N2OSe/c1-8(2,3)6-4(5)7/h1-3H3,(H3,5,6,7). The molecule has 0 spiro atoms. The fourth-order valence-corrected chi connectivity index (χ4v) is 1.57. The van der Waals surface area contributed by atoms with Gasteiger partial charge in [-0.05, 0) is 0 Å². The van der Waals surface area contributed by atoms with Crippen molar-refractivity contribution in [2.75, 3.05) is 0 Å². The number of urea groups is 1. The predicted octanol–water partition coefficient (Wildman–Crippen LogP) is 0.490. The molecule has 0 aliphatic rings. The van der Waals surface area contributed by atoms with Crippen LogP contribution in [0.5, 0.6) is 0 Å². The van der Waals surface area contributed by atoms with Gasteiger partial charge < -0.3 is 0 Å². The van der Waals surface area contributed by atoms with Crippen molar-refractivity contribution in [2.24, 2.45) is 5.73 Å². The molecule has 0 aromatic heterocycles. The first-order valence-corrected chi connectivity index (χ1v) is 8.17. The first-order valence-electron chi connectivity index (χ1n) is 2.17. The maximum atomic E-state index is 10.2. The molecule has 0 aliphatic heterocycles. The van der Waals surface area contributed by atoms with Gasteiger partial charge in [0.05, 0.1) is 0 Å². The summed E-state index contributed by atoms with van der Waals surface area (Å²) in [6.07, 6.45) is 0. The van der Waals surface area contributed by atoms with Crippen LogP contribution >= 0.6 is 0 Å². The first-order chi connectivity index (χ1) is 3.42. The van der Waals surface area contributed by atoms with Crippen LogP contribution < -0.4 is 10.1 Å². The summed E-state index contributed by atoms with van der Waals surface area (Å²) in [5.74, 6) is 6.09. The Morgan fingerprint density at radius 1 is 1.50 bits per heavy atom. The number of amides is 2. The van der Waals surface area contributed by atoms with E-state index in [2.05, 4.69) is 4.33 Å². The Bertz CT molecular complexity index is 96.7. The zero-order valence-corrected chi connectivity index (χ0v) is 7.11. The third kappa shape index (κ3) is 5.79. The van der Waals surface area contributed by atoms with Crippen LogP contribution in [0.1, 0.15) is 0 Å². The summed E-state index contributed by atoms with van der Waals surface area (Å²) in [6.45, 7) is 0. The van der Waals surface area contributed by atoms with Crippen LogP contribution in [-0.2, 0) is 0 Å². The molecule has 0 saturated heterocycles. The van der Waals surface area contributed by atoms with Crippen molar-refractivity contribution in [1.82, 2.24) is 4.33 Å². The van der Waals surface area contributed by atoms with Gasteiger partial charge >= 0.3 is 51.4 Å². The van der Waals surface area contributed by atoms with Gasteiger partial charge in [-0.2, -0.15) is 0 Å². The number of nitrogens with one attached hydrogen (secondary N) is 1. The van der Waals surface area contributed by atoms with E-state index in [1.54, 1.807) is 0 Å². The van der Waals surface area contributed by atoms with Crippen molar-refractivity contribution in [2.45, 2.75) is 17.5 Å². The van der Waals surface area contributed by atoms with Crippen LogP contribution in [0.2, 0.25) is 17.5 Å². The summed E-state index contributed by atoms with van der Waals surface area (Å²) < 4.78 is 2.68. The Hall–Kier alpha value is -0.211. The molecule has 0 atom stereocenters. The van der Waals surface area contributed by atoms with Gasteiger partial charge in [0.1, 0.15) is 0 Å². The predicted molar refractivity (Wildman–Crippen MR) is 36.1 cm³/mol. The molecular weight excluding hydrogens is 171 g/mol. The van der Waals surface area contributed by atoms with Gasteiger partial charge in [0.15, 0.2) is 0 Å². The fourth-order valence-electron chi connectivity index (χ4n) is 0.302. The average Bonchev–Trinajstić information content (AvgIpc) is 1.21. The topological polar surface area (TPSA) is 55.1 Å². The van der Waals surface area contributed by atoms with Crippen LogP contribution in [0.15, 0.2) is 0 Å². The zero-order valence-electron chi connectivity index (χ0n) is 5.39. The number of carbonyl (C=O) groups is 1. The second-order valence-electron chi connectivity index (χ2n) is 2.30. The van der Waals surface area contributed by atoms with Gasteiger partial charge in [0.2, 0.25) is 0 Å². The molecule has 50 valence electrons. The van der Waals surface area contributed by atoms with Gasteiger partial charge in [0.25, 0.3) is 0 Å². The van der Waals surface area contributed by atoms with E-state index in [0.29, 0.717) is 0 Å². The molecular formula is C4H12N2OSe. The van der Waals surface area contributed by atoms with E-state index in [4.69, 9.17) is 5.73 Å². The number of rotatable bonds is 1. The van der Waals surface area contributed by atoms with E-state index in [0.717, 1.165) is 0 Å². The Morgan fingerprint density at radius 2 is 1.88 bits per heavy atom. The molecule has 0 aromatic rings. The van der Waals surface area contributed by atoms with E-state index in [9.17, 15) is 4.79 Å². The van der Waals surface area contributed by atoms with Crippen LogP contribution in [0.3, 0.4) is 0 Å². The van der Waals surface area contributed by atoms with Crippen molar-refractivity contribution >= 4 is 19.1 Å². The summed E-state index contributed by atoms with van der Waals surface area (Å²) in [5, 5.41) is 0. The summed E-state index contributed by atoms with van der Waals surface area (Å²) in [5.41, 5.74) is 4.87. The summed E-state index contributed by atoms with van der Waals surface area (Å²) in [6, 6.07) is -0.405. The molecule has 0 saturated carbocycles. The third-order valence-electron chi connectivity index (χ3n) is 0.407. The molecule has 0 radical (unpaired) electrons. The normalized spacial score (nSPS) is 12.9. The molecule has 0 rings (SSSR count). The van der Waals surface area contributed by atoms with Crippen LogP contribution in [0.25, 0.3) is 0 Å². The Labute approximate surface area is 52.1 Å². The number of primary amides is 1.